The predicted molar refractivity (Wildman–Crippen MR) is 166 cm³/mol. The summed E-state index contributed by atoms with van der Waals surface area (Å²) in [4.78, 5) is 23.5. The van der Waals surface area contributed by atoms with Gasteiger partial charge >= 0.3 is 5.97 Å². The Hall–Kier alpha value is -1.64. The Balaban J connectivity index is 1.31. The summed E-state index contributed by atoms with van der Waals surface area (Å²) in [7, 11) is 0. The Kier molecular flexibility index (Phi) is 10.6. The van der Waals surface area contributed by atoms with E-state index in [4.69, 9.17) is 4.74 Å². The number of ketones is 1. The molecule has 0 aromatic carbocycles. The molecular formula is C37H58O3. The van der Waals surface area contributed by atoms with Crippen LogP contribution in [0.25, 0.3) is 0 Å². The van der Waals surface area contributed by atoms with E-state index in [1.54, 1.807) is 12.5 Å². The van der Waals surface area contributed by atoms with Crippen molar-refractivity contribution in [1.82, 2.24) is 0 Å². The van der Waals surface area contributed by atoms with Crippen molar-refractivity contribution in [2.24, 2.45) is 46.3 Å². The fourth-order valence-corrected chi connectivity index (χ4v) is 9.69. The van der Waals surface area contributed by atoms with E-state index in [-0.39, 0.29) is 17.9 Å². The lowest BCUT2D eigenvalue weighted by Crippen LogP contribution is -2.51. The van der Waals surface area contributed by atoms with Gasteiger partial charge in [-0.1, -0.05) is 89.8 Å². The van der Waals surface area contributed by atoms with Gasteiger partial charge in [-0.05, 0) is 105 Å². The number of rotatable bonds is 12. The van der Waals surface area contributed by atoms with E-state index < -0.39 is 0 Å². The molecule has 0 radical (unpaired) electrons. The number of allylic oxidation sites excluding steroid dienone is 4. The van der Waals surface area contributed by atoms with E-state index in [2.05, 4.69) is 40.7 Å². The van der Waals surface area contributed by atoms with Crippen molar-refractivity contribution >= 4 is 11.8 Å². The number of carbonyl (C=O) groups excluding carboxylic acids is 2. The van der Waals surface area contributed by atoms with Gasteiger partial charge in [-0.25, -0.2) is 0 Å². The highest BCUT2D eigenvalue weighted by Gasteiger charge is 2.59. The van der Waals surface area contributed by atoms with Crippen LogP contribution in [0.3, 0.4) is 0 Å². The largest absolute Gasteiger partial charge is 0.462 e. The molecule has 3 fully saturated rings. The average molecular weight is 551 g/mol. The third kappa shape index (κ3) is 7.04. The lowest BCUT2D eigenvalue weighted by Gasteiger charge is -2.58. The highest BCUT2D eigenvalue weighted by atomic mass is 16.5. The van der Waals surface area contributed by atoms with Crippen molar-refractivity contribution in [2.75, 3.05) is 0 Å². The van der Waals surface area contributed by atoms with Crippen LogP contribution in [0.5, 0.6) is 0 Å². The summed E-state index contributed by atoms with van der Waals surface area (Å²) in [5.74, 6) is 5.18. The maximum absolute atomic E-state index is 12.5. The van der Waals surface area contributed by atoms with E-state index in [0.29, 0.717) is 23.7 Å². The van der Waals surface area contributed by atoms with Gasteiger partial charge < -0.3 is 4.74 Å². The molecule has 8 atom stereocenters. The zero-order valence-corrected chi connectivity index (χ0v) is 26.6. The standard InChI is InChI=1S/C37H58O3/c1-26(2)13-12-14-27(3)32-19-20-33-31-18-17-29-25-30(21-23-36(29,5)34(31)22-24-37(32,33)6)40-35(39)16-11-9-7-8-10-15-28(4)38/h8-11,17,26-27,30-34H,7,12-16,18-25H2,1-6H3. The number of ether oxygens (including phenoxy) is 1. The van der Waals surface area contributed by atoms with E-state index >= 15 is 0 Å². The summed E-state index contributed by atoms with van der Waals surface area (Å²) < 4.78 is 5.96. The molecule has 0 saturated heterocycles. The van der Waals surface area contributed by atoms with E-state index in [9.17, 15) is 9.59 Å². The van der Waals surface area contributed by atoms with Gasteiger partial charge in [-0.2, -0.15) is 0 Å². The van der Waals surface area contributed by atoms with E-state index in [1.807, 2.05) is 24.3 Å². The topological polar surface area (TPSA) is 43.4 Å². The minimum absolute atomic E-state index is 0.0312. The summed E-state index contributed by atoms with van der Waals surface area (Å²) in [6.45, 7) is 14.1. The minimum Gasteiger partial charge on any atom is -0.462 e. The Morgan fingerprint density at radius 2 is 1.70 bits per heavy atom. The average Bonchev–Trinajstić information content (AvgIpc) is 3.25. The molecule has 224 valence electrons. The second-order valence-electron chi connectivity index (χ2n) is 14.9. The first-order chi connectivity index (χ1) is 19.0. The SMILES string of the molecule is CC(=O)CC=CCC=CCC(=O)OC1CCC2(C)C(=CCC3C2CCC2(C)C(C(C)CCCC(C)C)CCC32)C1. The molecule has 3 heteroatoms. The van der Waals surface area contributed by atoms with Crippen molar-refractivity contribution in [2.45, 2.75) is 138 Å². The lowest BCUT2D eigenvalue weighted by molar-refractivity contribution is -0.150. The van der Waals surface area contributed by atoms with Gasteiger partial charge in [-0.15, -0.1) is 0 Å². The molecule has 4 aliphatic carbocycles. The van der Waals surface area contributed by atoms with Crippen LogP contribution in [-0.2, 0) is 14.3 Å². The minimum atomic E-state index is -0.111. The molecule has 0 amide bonds. The molecule has 3 nitrogen and oxygen atoms in total. The van der Waals surface area contributed by atoms with E-state index in [0.717, 1.165) is 61.2 Å². The highest BCUT2D eigenvalue weighted by molar-refractivity contribution is 5.76. The zero-order valence-electron chi connectivity index (χ0n) is 26.6. The number of hydrogen-bond acceptors (Lipinski definition) is 3. The summed E-state index contributed by atoms with van der Waals surface area (Å²) >= 11 is 0. The number of fused-ring (bicyclic) bond motifs is 5. The molecule has 0 spiro atoms. The quantitative estimate of drug-likeness (QED) is 0.179. The fourth-order valence-electron chi connectivity index (χ4n) is 9.69. The number of hydrogen-bond donors (Lipinski definition) is 0. The Bertz CT molecular complexity index is 972. The number of Topliss-reactive ketones (excluding diaryl/α,β-unsaturated/α-hetero) is 1. The number of carbonyl (C=O) groups is 2. The van der Waals surface area contributed by atoms with Crippen LogP contribution in [0.1, 0.15) is 131 Å². The van der Waals surface area contributed by atoms with Crippen molar-refractivity contribution in [3.63, 3.8) is 0 Å². The molecule has 8 unspecified atom stereocenters. The van der Waals surface area contributed by atoms with Gasteiger partial charge in [-0.3, -0.25) is 9.59 Å². The third-order valence-corrected chi connectivity index (χ3v) is 11.9. The Morgan fingerprint density at radius 1 is 0.950 bits per heavy atom. The van der Waals surface area contributed by atoms with Crippen LogP contribution in [0, 0.1) is 46.3 Å². The Morgan fingerprint density at radius 3 is 2.42 bits per heavy atom. The first-order valence-electron chi connectivity index (χ1n) is 16.7. The number of esters is 1. The highest BCUT2D eigenvalue weighted by Crippen LogP contribution is 2.67. The molecule has 4 aliphatic rings. The van der Waals surface area contributed by atoms with Crippen LogP contribution in [0.2, 0.25) is 0 Å². The molecule has 0 heterocycles. The maximum atomic E-state index is 12.5. The van der Waals surface area contributed by atoms with Crippen LogP contribution in [0.15, 0.2) is 36.0 Å². The van der Waals surface area contributed by atoms with Crippen molar-refractivity contribution in [3.8, 4) is 0 Å². The lowest BCUT2D eigenvalue weighted by atomic mass is 9.47. The molecule has 0 aromatic heterocycles. The molecule has 3 saturated carbocycles. The molecule has 0 N–H and O–H groups in total. The third-order valence-electron chi connectivity index (χ3n) is 11.9. The van der Waals surface area contributed by atoms with Gasteiger partial charge in [0.2, 0.25) is 0 Å². The smallest absolute Gasteiger partial charge is 0.309 e. The van der Waals surface area contributed by atoms with Crippen LogP contribution in [0.4, 0.5) is 0 Å². The van der Waals surface area contributed by atoms with Gasteiger partial charge in [0.15, 0.2) is 0 Å². The molecule has 0 bridgehead atoms. The Labute approximate surface area is 245 Å². The van der Waals surface area contributed by atoms with E-state index in [1.165, 1.54) is 51.4 Å². The first-order valence-corrected chi connectivity index (χ1v) is 16.7. The van der Waals surface area contributed by atoms with Crippen molar-refractivity contribution < 1.29 is 14.3 Å². The monoisotopic (exact) mass is 550 g/mol. The molecule has 0 aromatic rings. The fraction of sp³-hybridized carbons (Fsp3) is 0.784. The first kappa shape index (κ1) is 31.3. The van der Waals surface area contributed by atoms with Crippen LogP contribution < -0.4 is 0 Å². The predicted octanol–water partition coefficient (Wildman–Crippen LogP) is 9.81. The second kappa shape index (κ2) is 13.6. The van der Waals surface area contributed by atoms with Gasteiger partial charge in [0, 0.05) is 12.8 Å². The summed E-state index contributed by atoms with van der Waals surface area (Å²) in [6, 6.07) is 0. The molecular weight excluding hydrogens is 492 g/mol. The van der Waals surface area contributed by atoms with Gasteiger partial charge in [0.1, 0.15) is 11.9 Å². The molecule has 4 rings (SSSR count). The van der Waals surface area contributed by atoms with Crippen LogP contribution in [-0.4, -0.2) is 17.9 Å². The molecule has 0 aliphatic heterocycles. The normalized spacial score (nSPS) is 36.3. The van der Waals surface area contributed by atoms with Crippen molar-refractivity contribution in [1.29, 1.82) is 0 Å². The summed E-state index contributed by atoms with van der Waals surface area (Å²) in [5.41, 5.74) is 2.41. The summed E-state index contributed by atoms with van der Waals surface area (Å²) in [6.07, 6.45) is 26.1. The summed E-state index contributed by atoms with van der Waals surface area (Å²) in [5, 5.41) is 0. The maximum Gasteiger partial charge on any atom is 0.309 e. The van der Waals surface area contributed by atoms with Crippen molar-refractivity contribution in [3.05, 3.63) is 36.0 Å². The molecule has 40 heavy (non-hydrogen) atoms. The van der Waals surface area contributed by atoms with Gasteiger partial charge in [0.05, 0.1) is 6.42 Å². The van der Waals surface area contributed by atoms with Gasteiger partial charge in [0.25, 0.3) is 0 Å². The zero-order chi connectivity index (χ0) is 28.9. The van der Waals surface area contributed by atoms with Crippen LogP contribution >= 0.6 is 0 Å². The second-order valence-corrected chi connectivity index (χ2v) is 14.9.